The zero-order valence-electron chi connectivity index (χ0n) is 15.2. The van der Waals surface area contributed by atoms with Crippen molar-refractivity contribution in [2.45, 2.75) is 12.8 Å². The van der Waals surface area contributed by atoms with Crippen LogP contribution in [0.2, 0.25) is 0 Å². The largest absolute Gasteiger partial charge is 0.497 e. The number of halogens is 3. The minimum Gasteiger partial charge on any atom is -0.497 e. The smallest absolute Gasteiger partial charge is 0.256 e. The van der Waals surface area contributed by atoms with Crippen molar-refractivity contribution in [1.29, 1.82) is 0 Å². The van der Waals surface area contributed by atoms with Gasteiger partial charge >= 0.3 is 0 Å². The fourth-order valence-corrected chi connectivity index (χ4v) is 3.15. The zero-order chi connectivity index (χ0) is 20.3. The van der Waals surface area contributed by atoms with E-state index in [1.165, 1.54) is 12.0 Å². The number of piperidine rings is 1. The van der Waals surface area contributed by atoms with Gasteiger partial charge in [-0.2, -0.15) is 0 Å². The normalized spacial score (nSPS) is 14.6. The summed E-state index contributed by atoms with van der Waals surface area (Å²) in [6, 6.07) is 8.61. The summed E-state index contributed by atoms with van der Waals surface area (Å²) >= 11 is 0. The van der Waals surface area contributed by atoms with Gasteiger partial charge in [0.2, 0.25) is 5.91 Å². The van der Waals surface area contributed by atoms with Gasteiger partial charge in [0.25, 0.3) is 5.91 Å². The number of ether oxygens (including phenoxy) is 1. The van der Waals surface area contributed by atoms with Gasteiger partial charge in [-0.05, 0) is 37.1 Å². The van der Waals surface area contributed by atoms with Crippen LogP contribution in [-0.4, -0.2) is 36.9 Å². The first kappa shape index (κ1) is 19.7. The summed E-state index contributed by atoms with van der Waals surface area (Å²) in [5.74, 6) is -5.11. The van der Waals surface area contributed by atoms with E-state index in [0.29, 0.717) is 24.3 Å². The third kappa shape index (κ3) is 4.11. The number of rotatable bonds is 4. The summed E-state index contributed by atoms with van der Waals surface area (Å²) < 4.78 is 45.4. The molecule has 2 aromatic carbocycles. The summed E-state index contributed by atoms with van der Waals surface area (Å²) in [4.78, 5) is 26.2. The zero-order valence-corrected chi connectivity index (χ0v) is 15.2. The number of anilines is 1. The number of hydrogen-bond donors (Lipinski definition) is 1. The predicted molar refractivity (Wildman–Crippen MR) is 96.6 cm³/mol. The number of carbonyl (C=O) groups is 2. The molecule has 0 aromatic heterocycles. The highest BCUT2D eigenvalue weighted by Crippen LogP contribution is 2.24. The SMILES string of the molecule is COc1cccc(NC(=O)C2CCN(C(=O)c3ccc(F)c(F)c3F)CC2)c1. The van der Waals surface area contributed by atoms with Gasteiger partial charge < -0.3 is 15.0 Å². The number of amides is 2. The summed E-state index contributed by atoms with van der Waals surface area (Å²) in [6.45, 7) is 0.431. The lowest BCUT2D eigenvalue weighted by molar-refractivity contribution is -0.121. The van der Waals surface area contributed by atoms with E-state index >= 15 is 0 Å². The van der Waals surface area contributed by atoms with Crippen LogP contribution in [-0.2, 0) is 4.79 Å². The third-order valence-electron chi connectivity index (χ3n) is 4.76. The fourth-order valence-electron chi connectivity index (χ4n) is 3.15. The second-order valence-electron chi connectivity index (χ2n) is 6.51. The molecule has 3 rings (SSSR count). The Kier molecular flexibility index (Phi) is 5.87. The Morgan fingerprint density at radius 2 is 1.79 bits per heavy atom. The van der Waals surface area contributed by atoms with Gasteiger partial charge in [0.1, 0.15) is 5.75 Å². The van der Waals surface area contributed by atoms with Gasteiger partial charge in [-0.3, -0.25) is 9.59 Å². The van der Waals surface area contributed by atoms with Crippen LogP contribution in [0.3, 0.4) is 0 Å². The fraction of sp³-hybridized carbons (Fsp3) is 0.300. The molecule has 0 spiro atoms. The third-order valence-corrected chi connectivity index (χ3v) is 4.76. The Morgan fingerprint density at radius 1 is 1.07 bits per heavy atom. The lowest BCUT2D eigenvalue weighted by Crippen LogP contribution is -2.41. The highest BCUT2D eigenvalue weighted by Gasteiger charge is 2.30. The van der Waals surface area contributed by atoms with Crippen molar-refractivity contribution in [1.82, 2.24) is 4.90 Å². The van der Waals surface area contributed by atoms with E-state index in [1.807, 2.05) is 0 Å². The molecule has 8 heteroatoms. The number of nitrogens with zero attached hydrogens (tertiary/aromatic N) is 1. The predicted octanol–water partition coefficient (Wildman–Crippen LogP) is 3.60. The maximum atomic E-state index is 13.8. The molecule has 0 saturated carbocycles. The van der Waals surface area contributed by atoms with Crippen LogP contribution in [0.15, 0.2) is 36.4 Å². The highest BCUT2D eigenvalue weighted by molar-refractivity contribution is 5.95. The van der Waals surface area contributed by atoms with Crippen LogP contribution >= 0.6 is 0 Å². The Bertz CT molecular complexity index is 896. The van der Waals surface area contributed by atoms with E-state index in [1.54, 1.807) is 24.3 Å². The van der Waals surface area contributed by atoms with Gasteiger partial charge in [0, 0.05) is 30.8 Å². The van der Waals surface area contributed by atoms with Gasteiger partial charge in [0.05, 0.1) is 12.7 Å². The van der Waals surface area contributed by atoms with E-state index in [4.69, 9.17) is 4.74 Å². The van der Waals surface area contributed by atoms with Crippen molar-refractivity contribution in [2.75, 3.05) is 25.5 Å². The molecule has 148 valence electrons. The molecule has 0 unspecified atom stereocenters. The highest BCUT2D eigenvalue weighted by atomic mass is 19.2. The summed E-state index contributed by atoms with van der Waals surface area (Å²) in [5.41, 5.74) is 0.0879. The average molecular weight is 392 g/mol. The maximum Gasteiger partial charge on any atom is 0.256 e. The molecule has 1 fully saturated rings. The molecule has 1 aliphatic rings. The molecule has 1 N–H and O–H groups in total. The van der Waals surface area contributed by atoms with Crippen molar-refractivity contribution in [3.05, 3.63) is 59.4 Å². The molecular weight excluding hydrogens is 373 g/mol. The summed E-state index contributed by atoms with van der Waals surface area (Å²) in [7, 11) is 1.53. The van der Waals surface area contributed by atoms with E-state index < -0.39 is 28.9 Å². The van der Waals surface area contributed by atoms with Crippen LogP contribution in [0.1, 0.15) is 23.2 Å². The van der Waals surface area contributed by atoms with Gasteiger partial charge in [-0.1, -0.05) is 6.07 Å². The van der Waals surface area contributed by atoms with Crippen LogP contribution in [0, 0.1) is 23.4 Å². The van der Waals surface area contributed by atoms with Crippen molar-refractivity contribution >= 4 is 17.5 Å². The van der Waals surface area contributed by atoms with Gasteiger partial charge in [-0.25, -0.2) is 13.2 Å². The second kappa shape index (κ2) is 8.33. The quantitative estimate of drug-likeness (QED) is 0.809. The first-order valence-corrected chi connectivity index (χ1v) is 8.78. The second-order valence-corrected chi connectivity index (χ2v) is 6.51. The lowest BCUT2D eigenvalue weighted by Gasteiger charge is -2.31. The van der Waals surface area contributed by atoms with E-state index in [0.717, 1.165) is 12.1 Å². The molecular formula is C20H19F3N2O3. The van der Waals surface area contributed by atoms with Crippen LogP contribution in [0.25, 0.3) is 0 Å². The minimum absolute atomic E-state index is 0.181. The average Bonchev–Trinajstić information content (AvgIpc) is 2.72. The van der Waals surface area contributed by atoms with Crippen molar-refractivity contribution in [2.24, 2.45) is 5.92 Å². The monoisotopic (exact) mass is 392 g/mol. The van der Waals surface area contributed by atoms with E-state index in [-0.39, 0.29) is 24.9 Å². The molecule has 28 heavy (non-hydrogen) atoms. The first-order chi connectivity index (χ1) is 13.4. The van der Waals surface area contributed by atoms with Gasteiger partial charge in [0.15, 0.2) is 17.5 Å². The molecule has 1 saturated heterocycles. The lowest BCUT2D eigenvalue weighted by atomic mass is 9.95. The number of carbonyl (C=O) groups excluding carboxylic acids is 2. The Balaban J connectivity index is 1.60. The standard InChI is InChI=1S/C20H19F3N2O3/c1-28-14-4-2-3-13(11-14)24-19(26)12-7-9-25(10-8-12)20(27)15-5-6-16(21)18(23)17(15)22/h2-6,11-12H,7-10H2,1H3,(H,24,26). The van der Waals surface area contributed by atoms with E-state index in [9.17, 15) is 22.8 Å². The van der Waals surface area contributed by atoms with Crippen LogP contribution in [0.5, 0.6) is 5.75 Å². The molecule has 2 aromatic rings. The van der Waals surface area contributed by atoms with Crippen LogP contribution < -0.4 is 10.1 Å². The number of likely N-dealkylation sites (tertiary alicyclic amines) is 1. The van der Waals surface area contributed by atoms with Crippen LogP contribution in [0.4, 0.5) is 18.9 Å². The summed E-state index contributed by atoms with van der Waals surface area (Å²) in [5, 5.41) is 2.81. The van der Waals surface area contributed by atoms with Crippen molar-refractivity contribution in [3.8, 4) is 5.75 Å². The molecule has 0 bridgehead atoms. The van der Waals surface area contributed by atoms with E-state index in [2.05, 4.69) is 5.32 Å². The Morgan fingerprint density at radius 3 is 2.46 bits per heavy atom. The topological polar surface area (TPSA) is 58.6 Å². The molecule has 0 radical (unpaired) electrons. The molecule has 0 atom stereocenters. The number of benzene rings is 2. The Hall–Kier alpha value is -3.03. The molecule has 1 aliphatic heterocycles. The van der Waals surface area contributed by atoms with Crippen molar-refractivity contribution < 1.29 is 27.5 Å². The van der Waals surface area contributed by atoms with Gasteiger partial charge in [-0.15, -0.1) is 0 Å². The molecule has 5 nitrogen and oxygen atoms in total. The molecule has 1 heterocycles. The summed E-state index contributed by atoms with van der Waals surface area (Å²) in [6.07, 6.45) is 0.764. The Labute approximate surface area is 160 Å². The minimum atomic E-state index is -1.67. The number of hydrogen-bond acceptors (Lipinski definition) is 3. The first-order valence-electron chi connectivity index (χ1n) is 8.78. The van der Waals surface area contributed by atoms with Crippen molar-refractivity contribution in [3.63, 3.8) is 0 Å². The number of nitrogens with one attached hydrogen (secondary N) is 1. The molecule has 2 amide bonds. The maximum absolute atomic E-state index is 13.8. The number of methoxy groups -OCH3 is 1. The molecule has 0 aliphatic carbocycles.